The molecule has 0 amide bonds. The van der Waals surface area contributed by atoms with E-state index in [4.69, 9.17) is 10.5 Å². The topological polar surface area (TPSA) is 66.0 Å². The van der Waals surface area contributed by atoms with E-state index >= 15 is 0 Å². The van der Waals surface area contributed by atoms with Crippen LogP contribution in [-0.2, 0) is 0 Å². The number of nitrogens with zero attached hydrogens (tertiary/aromatic N) is 3. The van der Waals surface area contributed by atoms with Crippen molar-refractivity contribution in [2.24, 2.45) is 5.92 Å². The van der Waals surface area contributed by atoms with Crippen LogP contribution in [0.5, 0.6) is 5.88 Å². The van der Waals surface area contributed by atoms with Crippen molar-refractivity contribution in [3.8, 4) is 11.7 Å². The van der Waals surface area contributed by atoms with Crippen LogP contribution in [0.3, 0.4) is 0 Å². The van der Waals surface area contributed by atoms with Gasteiger partial charge in [-0.1, -0.05) is 0 Å². The van der Waals surface area contributed by atoms with E-state index < -0.39 is 0 Å². The normalized spacial score (nSPS) is 14.6. The Bertz CT molecular complexity index is 644. The Morgan fingerprint density at radius 2 is 2.05 bits per heavy atom. The lowest BCUT2D eigenvalue weighted by Crippen LogP contribution is -2.08. The van der Waals surface area contributed by atoms with Crippen LogP contribution in [0.2, 0.25) is 0 Å². The average molecular weight is 272 g/mol. The van der Waals surface area contributed by atoms with Crippen molar-refractivity contribution in [2.75, 3.05) is 12.3 Å². The van der Waals surface area contributed by atoms with Crippen molar-refractivity contribution in [1.82, 2.24) is 14.8 Å². The van der Waals surface area contributed by atoms with Gasteiger partial charge in [-0.2, -0.15) is 10.1 Å². The number of anilines is 1. The van der Waals surface area contributed by atoms with Crippen molar-refractivity contribution >= 4 is 5.69 Å². The maximum Gasteiger partial charge on any atom is 0.239 e. The number of nitrogens with two attached hydrogens (primary N) is 1. The molecule has 2 N–H and O–H groups in total. The standard InChI is InChI=1S/C15H20N4O/c1-9-10(2)18-19(11(9)3)14-7-6-13(16)15(17-14)20-8-12-4-5-12/h6-7,12H,4-5,8,16H2,1-3H3. The van der Waals surface area contributed by atoms with E-state index in [2.05, 4.69) is 17.0 Å². The third-order valence-electron chi connectivity index (χ3n) is 3.90. The predicted molar refractivity (Wildman–Crippen MR) is 78.2 cm³/mol. The molecule has 0 bridgehead atoms. The Labute approximate surface area is 118 Å². The summed E-state index contributed by atoms with van der Waals surface area (Å²) < 4.78 is 7.56. The van der Waals surface area contributed by atoms with Gasteiger partial charge < -0.3 is 10.5 Å². The number of aromatic nitrogens is 3. The highest BCUT2D eigenvalue weighted by atomic mass is 16.5. The first-order chi connectivity index (χ1) is 9.56. The summed E-state index contributed by atoms with van der Waals surface area (Å²) in [6.07, 6.45) is 2.49. The van der Waals surface area contributed by atoms with Crippen LogP contribution in [0.15, 0.2) is 12.1 Å². The smallest absolute Gasteiger partial charge is 0.239 e. The average Bonchev–Trinajstić information content (AvgIpc) is 3.22. The maximum atomic E-state index is 5.93. The first kappa shape index (κ1) is 13.0. The number of pyridine rings is 1. The zero-order chi connectivity index (χ0) is 14.3. The van der Waals surface area contributed by atoms with Gasteiger partial charge in [-0.05, 0) is 57.2 Å². The van der Waals surface area contributed by atoms with Gasteiger partial charge in [0.1, 0.15) is 0 Å². The van der Waals surface area contributed by atoms with Gasteiger partial charge in [0, 0.05) is 5.69 Å². The van der Waals surface area contributed by atoms with E-state index in [1.807, 2.05) is 30.7 Å². The molecule has 1 aliphatic rings. The molecule has 1 fully saturated rings. The lowest BCUT2D eigenvalue weighted by molar-refractivity contribution is 0.290. The molecule has 0 atom stereocenters. The summed E-state index contributed by atoms with van der Waals surface area (Å²) in [4.78, 5) is 4.51. The van der Waals surface area contributed by atoms with Crippen LogP contribution in [0.1, 0.15) is 29.8 Å². The van der Waals surface area contributed by atoms with E-state index in [9.17, 15) is 0 Å². The van der Waals surface area contributed by atoms with Crippen LogP contribution in [0.25, 0.3) is 5.82 Å². The predicted octanol–water partition coefficient (Wildman–Crippen LogP) is 2.56. The molecular formula is C15H20N4O. The van der Waals surface area contributed by atoms with Crippen LogP contribution < -0.4 is 10.5 Å². The molecule has 0 spiro atoms. The van der Waals surface area contributed by atoms with Gasteiger partial charge >= 0.3 is 0 Å². The Balaban J connectivity index is 1.92. The minimum atomic E-state index is 0.514. The van der Waals surface area contributed by atoms with Gasteiger partial charge in [-0.25, -0.2) is 4.68 Å². The van der Waals surface area contributed by atoms with Crippen molar-refractivity contribution in [1.29, 1.82) is 0 Å². The second-order valence-electron chi connectivity index (χ2n) is 5.53. The van der Waals surface area contributed by atoms with Crippen molar-refractivity contribution in [2.45, 2.75) is 33.6 Å². The largest absolute Gasteiger partial charge is 0.476 e. The Morgan fingerprint density at radius 3 is 2.65 bits per heavy atom. The second-order valence-corrected chi connectivity index (χ2v) is 5.53. The Morgan fingerprint density at radius 1 is 1.30 bits per heavy atom. The molecular weight excluding hydrogens is 252 g/mol. The van der Waals surface area contributed by atoms with Crippen molar-refractivity contribution in [3.63, 3.8) is 0 Å². The molecule has 0 radical (unpaired) electrons. The fourth-order valence-electron chi connectivity index (χ4n) is 2.10. The van der Waals surface area contributed by atoms with Crippen molar-refractivity contribution in [3.05, 3.63) is 29.1 Å². The summed E-state index contributed by atoms with van der Waals surface area (Å²) in [5, 5.41) is 4.52. The SMILES string of the molecule is Cc1nn(-c2ccc(N)c(OCC3CC3)n2)c(C)c1C. The summed E-state index contributed by atoms with van der Waals surface area (Å²) in [5.74, 6) is 1.94. The van der Waals surface area contributed by atoms with E-state index in [-0.39, 0.29) is 0 Å². The lowest BCUT2D eigenvalue weighted by Gasteiger charge is -2.10. The number of rotatable bonds is 4. The molecule has 1 aliphatic carbocycles. The third kappa shape index (κ3) is 2.35. The number of nitrogen functional groups attached to an aromatic ring is 1. The Kier molecular flexibility index (Phi) is 3.12. The van der Waals surface area contributed by atoms with Gasteiger partial charge in [-0.15, -0.1) is 0 Å². The van der Waals surface area contributed by atoms with Crippen LogP contribution in [-0.4, -0.2) is 21.4 Å². The maximum absolute atomic E-state index is 5.93. The van der Waals surface area contributed by atoms with Crippen LogP contribution in [0, 0.1) is 26.7 Å². The number of hydrogen-bond acceptors (Lipinski definition) is 4. The highest BCUT2D eigenvalue weighted by Crippen LogP contribution is 2.30. The minimum absolute atomic E-state index is 0.514. The molecule has 1 saturated carbocycles. The molecule has 20 heavy (non-hydrogen) atoms. The van der Waals surface area contributed by atoms with E-state index in [0.29, 0.717) is 24.1 Å². The molecule has 3 rings (SSSR count). The summed E-state index contributed by atoms with van der Waals surface area (Å²) >= 11 is 0. The monoisotopic (exact) mass is 272 g/mol. The van der Waals surface area contributed by atoms with Crippen molar-refractivity contribution < 1.29 is 4.74 Å². The highest BCUT2D eigenvalue weighted by molar-refractivity contribution is 5.51. The lowest BCUT2D eigenvalue weighted by atomic mass is 10.2. The van der Waals surface area contributed by atoms with E-state index in [1.165, 1.54) is 18.4 Å². The number of ether oxygens (including phenoxy) is 1. The van der Waals surface area contributed by atoms with Gasteiger partial charge in [-0.3, -0.25) is 0 Å². The minimum Gasteiger partial charge on any atom is -0.476 e. The summed E-state index contributed by atoms with van der Waals surface area (Å²) in [6.45, 7) is 6.81. The zero-order valence-corrected chi connectivity index (χ0v) is 12.2. The summed E-state index contributed by atoms with van der Waals surface area (Å²) in [6, 6.07) is 3.70. The fourth-order valence-corrected chi connectivity index (χ4v) is 2.10. The highest BCUT2D eigenvalue weighted by Gasteiger charge is 2.22. The molecule has 5 nitrogen and oxygen atoms in total. The van der Waals surface area contributed by atoms with Crippen LogP contribution >= 0.6 is 0 Å². The molecule has 2 heterocycles. The van der Waals surface area contributed by atoms with E-state index in [1.54, 1.807) is 0 Å². The molecule has 0 saturated heterocycles. The molecule has 0 aliphatic heterocycles. The molecule has 5 heteroatoms. The van der Waals surface area contributed by atoms with Gasteiger partial charge in [0.15, 0.2) is 5.82 Å². The van der Waals surface area contributed by atoms with Crippen LogP contribution in [0.4, 0.5) is 5.69 Å². The molecule has 106 valence electrons. The third-order valence-corrected chi connectivity index (χ3v) is 3.90. The number of aryl methyl sites for hydroxylation is 1. The summed E-state index contributed by atoms with van der Waals surface area (Å²) in [5.41, 5.74) is 9.80. The molecule has 0 aromatic carbocycles. The van der Waals surface area contributed by atoms with Gasteiger partial charge in [0.05, 0.1) is 18.0 Å². The first-order valence-electron chi connectivity index (χ1n) is 6.98. The number of hydrogen-bond donors (Lipinski definition) is 1. The summed E-state index contributed by atoms with van der Waals surface area (Å²) in [7, 11) is 0. The second kappa shape index (κ2) is 4.81. The molecule has 2 aromatic heterocycles. The first-order valence-corrected chi connectivity index (χ1v) is 6.98. The molecule has 0 unspecified atom stereocenters. The Hall–Kier alpha value is -2.04. The van der Waals surface area contributed by atoms with Gasteiger partial charge in [0.2, 0.25) is 5.88 Å². The van der Waals surface area contributed by atoms with E-state index in [0.717, 1.165) is 17.2 Å². The van der Waals surface area contributed by atoms with Gasteiger partial charge in [0.25, 0.3) is 0 Å². The fraction of sp³-hybridized carbons (Fsp3) is 0.467. The quantitative estimate of drug-likeness (QED) is 0.929. The molecule has 2 aromatic rings. The zero-order valence-electron chi connectivity index (χ0n) is 12.2.